The second kappa shape index (κ2) is 10.2. The zero-order valence-electron chi connectivity index (χ0n) is 16.6. The number of thiophene rings is 1. The summed E-state index contributed by atoms with van der Waals surface area (Å²) in [6, 6.07) is 12.3. The van der Waals surface area contributed by atoms with Crippen LogP contribution in [-0.4, -0.2) is 50.5 Å². The summed E-state index contributed by atoms with van der Waals surface area (Å²) in [6.07, 6.45) is 2.55. The second-order valence-electron chi connectivity index (χ2n) is 6.86. The molecule has 1 saturated heterocycles. The molecular weight excluding hydrogens is 370 g/mol. The number of aliphatic imine (C=N–C) groups is 1. The van der Waals surface area contributed by atoms with Crippen molar-refractivity contribution in [3.05, 3.63) is 57.8 Å². The predicted octanol–water partition coefficient (Wildman–Crippen LogP) is 2.61. The predicted molar refractivity (Wildman–Crippen MR) is 116 cm³/mol. The molecule has 0 aliphatic carbocycles. The third-order valence-electron chi connectivity index (χ3n) is 5.02. The molecule has 1 fully saturated rings. The van der Waals surface area contributed by atoms with E-state index in [1.807, 2.05) is 35.6 Å². The minimum absolute atomic E-state index is 0.0752. The third-order valence-corrected chi connectivity index (χ3v) is 5.99. The van der Waals surface area contributed by atoms with Crippen LogP contribution in [0.25, 0.3) is 0 Å². The Hall–Kier alpha value is -2.38. The molecule has 0 radical (unpaired) electrons. The molecule has 2 heterocycles. The van der Waals surface area contributed by atoms with Gasteiger partial charge in [-0.05, 0) is 55.1 Å². The number of guanidine groups is 1. The van der Waals surface area contributed by atoms with Crippen LogP contribution in [0.15, 0.2) is 46.8 Å². The lowest BCUT2D eigenvalue weighted by Gasteiger charge is -2.27. The van der Waals surface area contributed by atoms with Crippen LogP contribution in [0.2, 0.25) is 0 Å². The largest absolute Gasteiger partial charge is 0.355 e. The van der Waals surface area contributed by atoms with Gasteiger partial charge in [-0.25, -0.2) is 0 Å². The van der Waals surface area contributed by atoms with Gasteiger partial charge in [0.2, 0.25) is 0 Å². The van der Waals surface area contributed by atoms with E-state index in [2.05, 4.69) is 43.4 Å². The summed E-state index contributed by atoms with van der Waals surface area (Å²) in [6.45, 7) is 3.74. The van der Waals surface area contributed by atoms with Crippen LogP contribution in [0.1, 0.15) is 39.7 Å². The van der Waals surface area contributed by atoms with Crippen molar-refractivity contribution in [2.24, 2.45) is 4.99 Å². The number of benzene rings is 1. The number of hydrogen-bond donors (Lipinski definition) is 3. The normalized spacial score (nSPS) is 16.0. The van der Waals surface area contributed by atoms with Gasteiger partial charge in [0.15, 0.2) is 5.96 Å². The molecule has 1 amide bonds. The molecule has 150 valence electrons. The van der Waals surface area contributed by atoms with Crippen molar-refractivity contribution in [3.63, 3.8) is 0 Å². The van der Waals surface area contributed by atoms with Crippen LogP contribution in [0.4, 0.5) is 0 Å². The van der Waals surface area contributed by atoms with Crippen molar-refractivity contribution in [2.75, 3.05) is 33.7 Å². The highest BCUT2D eigenvalue weighted by Crippen LogP contribution is 2.27. The molecule has 7 heteroatoms. The summed E-state index contributed by atoms with van der Waals surface area (Å²) in [5, 5.41) is 11.6. The Bertz CT molecular complexity index is 784. The Morgan fingerprint density at radius 2 is 2.04 bits per heavy atom. The number of nitrogens with one attached hydrogen (secondary N) is 3. The Kier molecular flexibility index (Phi) is 7.45. The number of nitrogens with zero attached hydrogens (tertiary/aromatic N) is 2. The molecule has 28 heavy (non-hydrogen) atoms. The zero-order chi connectivity index (χ0) is 19.8. The second-order valence-corrected chi connectivity index (χ2v) is 7.84. The van der Waals surface area contributed by atoms with Gasteiger partial charge in [-0.15, -0.1) is 11.3 Å². The van der Waals surface area contributed by atoms with E-state index >= 15 is 0 Å². The first kappa shape index (κ1) is 20.4. The molecule has 1 aliphatic rings. The number of carbonyl (C=O) groups excluding carboxylic acids is 1. The van der Waals surface area contributed by atoms with E-state index in [4.69, 9.17) is 0 Å². The average molecular weight is 400 g/mol. The lowest BCUT2D eigenvalue weighted by atomic mass is 10.1. The van der Waals surface area contributed by atoms with Crippen LogP contribution in [-0.2, 0) is 6.54 Å². The fourth-order valence-electron chi connectivity index (χ4n) is 3.51. The minimum atomic E-state index is -0.0752. The van der Waals surface area contributed by atoms with E-state index in [1.165, 1.54) is 17.7 Å². The Balaban J connectivity index is 1.57. The van der Waals surface area contributed by atoms with Crippen molar-refractivity contribution in [2.45, 2.75) is 25.4 Å². The smallest absolute Gasteiger partial charge is 0.251 e. The number of rotatable bonds is 7. The van der Waals surface area contributed by atoms with E-state index in [-0.39, 0.29) is 5.91 Å². The van der Waals surface area contributed by atoms with Crippen LogP contribution in [0, 0.1) is 0 Å². The van der Waals surface area contributed by atoms with Gasteiger partial charge in [0.25, 0.3) is 5.91 Å². The molecule has 3 N–H and O–H groups in total. The van der Waals surface area contributed by atoms with E-state index in [0.29, 0.717) is 18.2 Å². The molecule has 1 aromatic carbocycles. The lowest BCUT2D eigenvalue weighted by molar-refractivity contribution is 0.0963. The Labute approximate surface area is 171 Å². The van der Waals surface area contributed by atoms with Crippen LogP contribution in [0.3, 0.4) is 0 Å². The van der Waals surface area contributed by atoms with Gasteiger partial charge < -0.3 is 16.0 Å². The minimum Gasteiger partial charge on any atom is -0.355 e. The van der Waals surface area contributed by atoms with Gasteiger partial charge in [0.1, 0.15) is 0 Å². The van der Waals surface area contributed by atoms with Gasteiger partial charge in [-0.2, -0.15) is 0 Å². The summed E-state index contributed by atoms with van der Waals surface area (Å²) in [5.74, 6) is 0.694. The van der Waals surface area contributed by atoms with Gasteiger partial charge in [-0.1, -0.05) is 18.2 Å². The maximum Gasteiger partial charge on any atom is 0.251 e. The molecule has 2 aromatic rings. The Morgan fingerprint density at radius 1 is 1.21 bits per heavy atom. The summed E-state index contributed by atoms with van der Waals surface area (Å²) in [4.78, 5) is 20.1. The van der Waals surface area contributed by atoms with Gasteiger partial charge >= 0.3 is 0 Å². The first-order valence-electron chi connectivity index (χ1n) is 9.74. The summed E-state index contributed by atoms with van der Waals surface area (Å²) < 4.78 is 0. The standard InChI is InChI=1S/C21H29N5OS/c1-22-20(27)17-8-5-7-16(13-17)14-24-21(23-2)25-15-18(19-9-6-12-28-19)26-10-3-4-11-26/h5-9,12-13,18H,3-4,10-11,14-15H2,1-2H3,(H,22,27)(H2,23,24,25). The summed E-state index contributed by atoms with van der Waals surface area (Å²) in [5.41, 5.74) is 1.70. The van der Waals surface area contributed by atoms with Crippen LogP contribution >= 0.6 is 11.3 Å². The zero-order valence-corrected chi connectivity index (χ0v) is 17.4. The van der Waals surface area contributed by atoms with Crippen LogP contribution in [0.5, 0.6) is 0 Å². The van der Waals surface area contributed by atoms with Crippen molar-refractivity contribution in [3.8, 4) is 0 Å². The van der Waals surface area contributed by atoms with Crippen LogP contribution < -0.4 is 16.0 Å². The van der Waals surface area contributed by atoms with Crippen molar-refractivity contribution >= 4 is 23.2 Å². The van der Waals surface area contributed by atoms with Crippen molar-refractivity contribution < 1.29 is 4.79 Å². The third kappa shape index (κ3) is 5.33. The highest BCUT2D eigenvalue weighted by atomic mass is 32.1. The highest BCUT2D eigenvalue weighted by molar-refractivity contribution is 7.10. The number of likely N-dealkylation sites (tertiary alicyclic amines) is 1. The topological polar surface area (TPSA) is 68.8 Å². The first-order valence-corrected chi connectivity index (χ1v) is 10.6. The molecule has 1 unspecified atom stereocenters. The SMILES string of the molecule is CN=C(NCc1cccc(C(=O)NC)c1)NCC(c1cccs1)N1CCCC1. The maximum atomic E-state index is 11.8. The quantitative estimate of drug-likeness (QED) is 0.495. The van der Waals surface area contributed by atoms with E-state index < -0.39 is 0 Å². The van der Waals surface area contributed by atoms with Crippen molar-refractivity contribution in [1.82, 2.24) is 20.9 Å². The molecular formula is C21H29N5OS. The summed E-state index contributed by atoms with van der Waals surface area (Å²) in [7, 11) is 3.43. The molecule has 1 aromatic heterocycles. The fourth-order valence-corrected chi connectivity index (χ4v) is 4.37. The van der Waals surface area contributed by atoms with Gasteiger partial charge in [-0.3, -0.25) is 14.7 Å². The lowest BCUT2D eigenvalue weighted by Crippen LogP contribution is -2.42. The highest BCUT2D eigenvalue weighted by Gasteiger charge is 2.24. The first-order chi connectivity index (χ1) is 13.7. The van der Waals surface area contributed by atoms with E-state index in [9.17, 15) is 4.79 Å². The molecule has 0 spiro atoms. The molecule has 0 bridgehead atoms. The number of hydrogen-bond acceptors (Lipinski definition) is 4. The maximum absolute atomic E-state index is 11.8. The monoisotopic (exact) mass is 399 g/mol. The Morgan fingerprint density at radius 3 is 2.71 bits per heavy atom. The van der Waals surface area contributed by atoms with E-state index in [0.717, 1.165) is 31.2 Å². The summed E-state index contributed by atoms with van der Waals surface area (Å²) >= 11 is 1.81. The molecule has 3 rings (SSSR count). The molecule has 1 atom stereocenters. The van der Waals surface area contributed by atoms with Crippen molar-refractivity contribution in [1.29, 1.82) is 0 Å². The fraction of sp³-hybridized carbons (Fsp3) is 0.429. The van der Waals surface area contributed by atoms with Gasteiger partial charge in [0, 0.05) is 37.6 Å². The average Bonchev–Trinajstić information content (AvgIpc) is 3.45. The van der Waals surface area contributed by atoms with Gasteiger partial charge in [0.05, 0.1) is 6.04 Å². The molecule has 1 aliphatic heterocycles. The number of carbonyl (C=O) groups is 1. The van der Waals surface area contributed by atoms with E-state index in [1.54, 1.807) is 14.1 Å². The number of amides is 1. The molecule has 0 saturated carbocycles. The molecule has 6 nitrogen and oxygen atoms in total.